The maximum atomic E-state index is 11.4. The van der Waals surface area contributed by atoms with Gasteiger partial charge in [-0.05, 0) is 25.1 Å². The first-order valence-corrected chi connectivity index (χ1v) is 4.35. The molecule has 0 saturated carbocycles. The van der Waals surface area contributed by atoms with Crippen LogP contribution >= 0.6 is 11.6 Å². The van der Waals surface area contributed by atoms with Crippen molar-refractivity contribution in [1.29, 1.82) is 0 Å². The van der Waals surface area contributed by atoms with Gasteiger partial charge in [-0.15, -0.1) is 0 Å². The molecule has 0 fully saturated rings. The number of benzene rings is 1. The van der Waals surface area contributed by atoms with Gasteiger partial charge in [0.2, 0.25) is 5.52 Å². The van der Waals surface area contributed by atoms with Gasteiger partial charge in [0.15, 0.2) is 6.20 Å². The van der Waals surface area contributed by atoms with Crippen LogP contribution in [0.3, 0.4) is 0 Å². The van der Waals surface area contributed by atoms with Crippen LogP contribution in [0.25, 0.3) is 10.9 Å². The third-order valence-electron chi connectivity index (χ3n) is 2.11. The van der Waals surface area contributed by atoms with Gasteiger partial charge in [0, 0.05) is 17.0 Å². The van der Waals surface area contributed by atoms with E-state index in [9.17, 15) is 5.21 Å². The highest BCUT2D eigenvalue weighted by Gasteiger charge is 2.08. The molecular weight excluding hydrogens is 186 g/mol. The number of rotatable bonds is 0. The quantitative estimate of drug-likeness (QED) is 0.466. The molecule has 2 aromatic rings. The normalized spacial score (nSPS) is 10.6. The first-order valence-electron chi connectivity index (χ1n) is 3.97. The van der Waals surface area contributed by atoms with Crippen LogP contribution in [-0.4, -0.2) is 0 Å². The molecular formula is C10H8ClNO. The lowest BCUT2D eigenvalue weighted by Gasteiger charge is -2.04. The molecule has 13 heavy (non-hydrogen) atoms. The fourth-order valence-electron chi connectivity index (χ4n) is 1.42. The number of aromatic nitrogens is 1. The minimum Gasteiger partial charge on any atom is -0.618 e. The molecule has 3 heteroatoms. The Morgan fingerprint density at radius 3 is 2.85 bits per heavy atom. The minimum atomic E-state index is 0.628. The molecule has 1 heterocycles. The third-order valence-corrected chi connectivity index (χ3v) is 2.52. The van der Waals surface area contributed by atoms with Crippen LogP contribution in [-0.2, 0) is 0 Å². The van der Waals surface area contributed by atoms with Crippen molar-refractivity contribution in [3.63, 3.8) is 0 Å². The van der Waals surface area contributed by atoms with Gasteiger partial charge in [0.25, 0.3) is 0 Å². The second-order valence-electron chi connectivity index (χ2n) is 2.94. The van der Waals surface area contributed by atoms with E-state index >= 15 is 0 Å². The summed E-state index contributed by atoms with van der Waals surface area (Å²) in [5, 5.41) is 13.0. The average Bonchev–Trinajstić information content (AvgIpc) is 2.12. The Balaban J connectivity index is 2.97. The summed E-state index contributed by atoms with van der Waals surface area (Å²) in [6, 6.07) is 7.27. The van der Waals surface area contributed by atoms with Crippen molar-refractivity contribution in [3.05, 3.63) is 46.3 Å². The highest BCUT2D eigenvalue weighted by molar-refractivity contribution is 6.32. The highest BCUT2D eigenvalue weighted by atomic mass is 35.5. The van der Waals surface area contributed by atoms with Crippen molar-refractivity contribution in [1.82, 2.24) is 0 Å². The number of pyridine rings is 1. The van der Waals surface area contributed by atoms with Gasteiger partial charge in [0.1, 0.15) is 0 Å². The van der Waals surface area contributed by atoms with Gasteiger partial charge in [-0.3, -0.25) is 0 Å². The van der Waals surface area contributed by atoms with Crippen LogP contribution in [0.15, 0.2) is 30.5 Å². The number of halogens is 1. The number of hydrogen-bond donors (Lipinski definition) is 0. The largest absolute Gasteiger partial charge is 0.618 e. The van der Waals surface area contributed by atoms with Crippen molar-refractivity contribution in [3.8, 4) is 0 Å². The Morgan fingerprint density at radius 1 is 1.31 bits per heavy atom. The summed E-state index contributed by atoms with van der Waals surface area (Å²) in [5.74, 6) is 0. The molecule has 2 nitrogen and oxygen atoms in total. The smallest absolute Gasteiger partial charge is 0.228 e. The summed E-state index contributed by atoms with van der Waals surface area (Å²) in [7, 11) is 0. The summed E-state index contributed by atoms with van der Waals surface area (Å²) in [6.45, 7) is 1.85. The van der Waals surface area contributed by atoms with Gasteiger partial charge in [0.05, 0.1) is 5.02 Å². The van der Waals surface area contributed by atoms with E-state index < -0.39 is 0 Å². The Kier molecular flexibility index (Phi) is 1.85. The summed E-state index contributed by atoms with van der Waals surface area (Å²) in [4.78, 5) is 0. The summed E-state index contributed by atoms with van der Waals surface area (Å²) >= 11 is 5.91. The van der Waals surface area contributed by atoms with Crippen molar-refractivity contribution in [2.75, 3.05) is 0 Å². The van der Waals surface area contributed by atoms with E-state index in [-0.39, 0.29) is 0 Å². The van der Waals surface area contributed by atoms with E-state index in [1.54, 1.807) is 12.1 Å². The van der Waals surface area contributed by atoms with E-state index in [1.165, 1.54) is 6.20 Å². The maximum absolute atomic E-state index is 11.4. The highest BCUT2D eigenvalue weighted by Crippen LogP contribution is 2.21. The summed E-state index contributed by atoms with van der Waals surface area (Å²) < 4.78 is 0.844. The molecule has 2 rings (SSSR count). The molecule has 0 radical (unpaired) electrons. The summed E-state index contributed by atoms with van der Waals surface area (Å²) in [5.41, 5.74) is 1.48. The van der Waals surface area contributed by atoms with Crippen molar-refractivity contribution in [2.24, 2.45) is 0 Å². The fourth-order valence-corrected chi connectivity index (χ4v) is 1.58. The lowest BCUT2D eigenvalue weighted by molar-refractivity contribution is -0.577. The van der Waals surface area contributed by atoms with Crippen LogP contribution in [0.4, 0.5) is 0 Å². The zero-order chi connectivity index (χ0) is 9.42. The lowest BCUT2D eigenvalue weighted by Crippen LogP contribution is -2.26. The molecule has 0 aliphatic rings. The second kappa shape index (κ2) is 2.89. The molecule has 1 aromatic heterocycles. The Labute approximate surface area is 81.0 Å². The number of aryl methyl sites for hydroxylation is 1. The minimum absolute atomic E-state index is 0.628. The Morgan fingerprint density at radius 2 is 2.08 bits per heavy atom. The van der Waals surface area contributed by atoms with Crippen LogP contribution in [0.2, 0.25) is 5.02 Å². The van der Waals surface area contributed by atoms with Gasteiger partial charge < -0.3 is 5.21 Å². The predicted molar refractivity (Wildman–Crippen MR) is 52.7 cm³/mol. The van der Waals surface area contributed by atoms with Gasteiger partial charge in [-0.25, -0.2) is 0 Å². The van der Waals surface area contributed by atoms with Crippen molar-refractivity contribution < 1.29 is 4.73 Å². The topological polar surface area (TPSA) is 26.9 Å². The molecule has 0 bridgehead atoms. The molecule has 0 spiro atoms. The Bertz CT molecular complexity index is 468. The molecule has 0 saturated heterocycles. The third kappa shape index (κ3) is 1.23. The molecule has 66 valence electrons. The van der Waals surface area contributed by atoms with Crippen molar-refractivity contribution in [2.45, 2.75) is 6.92 Å². The number of fused-ring (bicyclic) bond motifs is 1. The molecule has 0 atom stereocenters. The molecule has 0 aliphatic carbocycles. The van der Waals surface area contributed by atoms with E-state index in [4.69, 9.17) is 11.6 Å². The summed E-state index contributed by atoms with van der Waals surface area (Å²) in [6.07, 6.45) is 1.48. The average molecular weight is 194 g/mol. The lowest BCUT2D eigenvalue weighted by atomic mass is 10.1. The standard InChI is InChI=1S/C10H8ClNO/c1-7-9(11)5-4-8-3-2-6-12(13)10(7)8/h2-6H,1H3. The van der Waals surface area contributed by atoms with Gasteiger partial charge in [-0.2, -0.15) is 4.73 Å². The van der Waals surface area contributed by atoms with Crippen LogP contribution in [0, 0.1) is 12.1 Å². The van der Waals surface area contributed by atoms with Crippen LogP contribution < -0.4 is 4.73 Å². The zero-order valence-electron chi connectivity index (χ0n) is 7.12. The van der Waals surface area contributed by atoms with Crippen LogP contribution in [0.1, 0.15) is 5.56 Å². The van der Waals surface area contributed by atoms with Gasteiger partial charge >= 0.3 is 0 Å². The molecule has 0 amide bonds. The second-order valence-corrected chi connectivity index (χ2v) is 3.35. The molecule has 0 N–H and O–H groups in total. The Hall–Kier alpha value is -1.28. The first kappa shape index (κ1) is 8.32. The van der Waals surface area contributed by atoms with E-state index in [2.05, 4.69) is 0 Å². The van der Waals surface area contributed by atoms with E-state index in [1.807, 2.05) is 19.1 Å². The monoisotopic (exact) mass is 193 g/mol. The maximum Gasteiger partial charge on any atom is 0.228 e. The molecule has 0 unspecified atom stereocenters. The first-order chi connectivity index (χ1) is 6.20. The molecule has 1 aromatic carbocycles. The van der Waals surface area contributed by atoms with Crippen molar-refractivity contribution >= 4 is 22.5 Å². The van der Waals surface area contributed by atoms with E-state index in [0.717, 1.165) is 15.7 Å². The SMILES string of the molecule is Cc1c(Cl)ccc2ccc[n+]([O-])c12. The number of hydrogen-bond acceptors (Lipinski definition) is 1. The van der Waals surface area contributed by atoms with E-state index in [0.29, 0.717) is 10.5 Å². The zero-order valence-corrected chi connectivity index (χ0v) is 7.88. The van der Waals surface area contributed by atoms with Gasteiger partial charge in [-0.1, -0.05) is 11.6 Å². The fraction of sp³-hybridized carbons (Fsp3) is 0.100. The predicted octanol–water partition coefficient (Wildman–Crippen LogP) is 2.44. The molecule has 0 aliphatic heterocycles. The number of nitrogens with zero attached hydrogens (tertiary/aromatic N) is 1. The van der Waals surface area contributed by atoms with Crippen LogP contribution in [0.5, 0.6) is 0 Å².